The largest absolute Gasteiger partial charge is 0.320 e. The summed E-state index contributed by atoms with van der Waals surface area (Å²) in [6, 6.07) is 16.2. The molecule has 6 heteroatoms. The molecule has 1 aliphatic rings. The zero-order valence-corrected chi connectivity index (χ0v) is 15.1. The first-order valence-corrected chi connectivity index (χ1v) is 9.77. The van der Waals surface area contributed by atoms with E-state index < -0.39 is 0 Å². The first-order valence-electron chi connectivity index (χ1n) is 8.96. The van der Waals surface area contributed by atoms with Gasteiger partial charge in [-0.3, -0.25) is 4.79 Å². The zero-order chi connectivity index (χ0) is 17.5. The number of aromatic amines is 1. The van der Waals surface area contributed by atoms with Gasteiger partial charge in [0.25, 0.3) is 5.56 Å². The minimum Gasteiger partial charge on any atom is -0.320 e. The Morgan fingerprint density at radius 3 is 2.77 bits per heavy atom. The molecule has 5 nitrogen and oxygen atoms in total. The molecule has 1 unspecified atom stereocenters. The van der Waals surface area contributed by atoms with Crippen molar-refractivity contribution in [3.63, 3.8) is 0 Å². The van der Waals surface area contributed by atoms with Crippen molar-refractivity contribution in [1.29, 1.82) is 0 Å². The van der Waals surface area contributed by atoms with Gasteiger partial charge in [-0.05, 0) is 24.3 Å². The molecule has 1 saturated heterocycles. The van der Waals surface area contributed by atoms with Crippen LogP contribution in [0.5, 0.6) is 0 Å². The van der Waals surface area contributed by atoms with Gasteiger partial charge in [0.2, 0.25) is 0 Å². The fraction of sp³-hybridized carbons (Fsp3) is 0.250. The second-order valence-corrected chi connectivity index (χ2v) is 7.89. The SMILES string of the molecule is O=c1[nH]c(C[NH+]2CCC[C@@H]2c2nc3ccccc3s2)nc2ccccc12. The lowest BCUT2D eigenvalue weighted by molar-refractivity contribution is -0.932. The highest BCUT2D eigenvalue weighted by atomic mass is 32.1. The summed E-state index contributed by atoms with van der Waals surface area (Å²) in [5.74, 6) is 0.761. The Hall–Kier alpha value is -2.57. The van der Waals surface area contributed by atoms with Gasteiger partial charge >= 0.3 is 0 Å². The first kappa shape index (κ1) is 15.7. The maximum absolute atomic E-state index is 12.3. The van der Waals surface area contributed by atoms with E-state index in [1.807, 2.05) is 30.3 Å². The monoisotopic (exact) mass is 363 g/mol. The summed E-state index contributed by atoms with van der Waals surface area (Å²) in [4.78, 5) is 26.3. The van der Waals surface area contributed by atoms with E-state index in [0.717, 1.165) is 36.4 Å². The average Bonchev–Trinajstić information content (AvgIpc) is 3.28. The molecule has 4 aromatic rings. The van der Waals surface area contributed by atoms with E-state index in [2.05, 4.69) is 28.2 Å². The van der Waals surface area contributed by atoms with Crippen molar-refractivity contribution in [2.24, 2.45) is 0 Å². The molecule has 2 N–H and O–H groups in total. The zero-order valence-electron chi connectivity index (χ0n) is 14.2. The predicted molar refractivity (Wildman–Crippen MR) is 103 cm³/mol. The number of aromatic nitrogens is 3. The van der Waals surface area contributed by atoms with Crippen molar-refractivity contribution in [2.75, 3.05) is 6.54 Å². The van der Waals surface area contributed by atoms with Crippen LogP contribution in [0.4, 0.5) is 0 Å². The van der Waals surface area contributed by atoms with Gasteiger partial charge in [0, 0.05) is 12.8 Å². The summed E-state index contributed by atoms with van der Waals surface area (Å²) in [5, 5.41) is 1.84. The Morgan fingerprint density at radius 2 is 1.88 bits per heavy atom. The maximum Gasteiger partial charge on any atom is 0.258 e. The standard InChI is InChI=1S/C20H18N4OS/c25-19-13-6-1-2-7-14(13)21-18(23-19)12-24-11-5-9-16(24)20-22-15-8-3-4-10-17(15)26-20/h1-4,6-8,10,16H,5,9,11-12H2,(H,21,23,25)/p+1/t16-/m1/s1. The number of nitrogens with zero attached hydrogens (tertiary/aromatic N) is 2. The molecule has 1 fully saturated rings. The van der Waals surface area contributed by atoms with Crippen LogP contribution in [0.2, 0.25) is 0 Å². The van der Waals surface area contributed by atoms with Crippen LogP contribution < -0.4 is 10.5 Å². The summed E-state index contributed by atoms with van der Waals surface area (Å²) in [6.07, 6.45) is 2.31. The molecule has 2 atom stereocenters. The maximum atomic E-state index is 12.3. The summed E-state index contributed by atoms with van der Waals surface area (Å²) in [6.45, 7) is 1.80. The smallest absolute Gasteiger partial charge is 0.258 e. The summed E-state index contributed by atoms with van der Waals surface area (Å²) in [7, 11) is 0. The minimum atomic E-state index is -0.0549. The van der Waals surface area contributed by atoms with Crippen LogP contribution in [0.1, 0.15) is 29.7 Å². The third-order valence-corrected chi connectivity index (χ3v) is 6.30. The van der Waals surface area contributed by atoms with Crippen LogP contribution in [0.15, 0.2) is 53.3 Å². The molecule has 130 valence electrons. The Bertz CT molecular complexity index is 1120. The molecule has 1 aliphatic heterocycles. The molecule has 26 heavy (non-hydrogen) atoms. The lowest BCUT2D eigenvalue weighted by atomic mass is 10.2. The molecule has 2 aromatic carbocycles. The Labute approximate surface area is 154 Å². The summed E-state index contributed by atoms with van der Waals surface area (Å²) >= 11 is 1.79. The van der Waals surface area contributed by atoms with Gasteiger partial charge in [-0.15, -0.1) is 11.3 Å². The number of hydrogen-bond donors (Lipinski definition) is 2. The number of rotatable bonds is 3. The van der Waals surface area contributed by atoms with Crippen LogP contribution in [-0.2, 0) is 6.54 Å². The number of nitrogens with one attached hydrogen (secondary N) is 2. The number of hydrogen-bond acceptors (Lipinski definition) is 4. The average molecular weight is 363 g/mol. The van der Waals surface area contributed by atoms with Crippen LogP contribution in [0, 0.1) is 0 Å². The van der Waals surface area contributed by atoms with Crippen LogP contribution in [0.25, 0.3) is 21.1 Å². The van der Waals surface area contributed by atoms with Crippen molar-refractivity contribution in [1.82, 2.24) is 15.0 Å². The molecular weight excluding hydrogens is 344 g/mol. The van der Waals surface area contributed by atoms with Gasteiger partial charge in [0.15, 0.2) is 10.8 Å². The highest BCUT2D eigenvalue weighted by Crippen LogP contribution is 2.28. The van der Waals surface area contributed by atoms with Crippen LogP contribution in [0.3, 0.4) is 0 Å². The van der Waals surface area contributed by atoms with Crippen LogP contribution in [-0.4, -0.2) is 21.5 Å². The second kappa shape index (κ2) is 6.30. The summed E-state index contributed by atoms with van der Waals surface area (Å²) in [5.41, 5.74) is 1.79. The minimum absolute atomic E-state index is 0.0549. The van der Waals surface area contributed by atoms with E-state index >= 15 is 0 Å². The number of para-hydroxylation sites is 2. The number of H-pyrrole nitrogens is 1. The highest BCUT2D eigenvalue weighted by Gasteiger charge is 2.33. The van der Waals surface area contributed by atoms with E-state index in [0.29, 0.717) is 11.4 Å². The van der Waals surface area contributed by atoms with Crippen molar-refractivity contribution < 1.29 is 4.90 Å². The van der Waals surface area contributed by atoms with Gasteiger partial charge in [-0.2, -0.15) is 0 Å². The topological polar surface area (TPSA) is 63.1 Å². The van der Waals surface area contributed by atoms with Crippen molar-refractivity contribution in [2.45, 2.75) is 25.4 Å². The molecule has 2 aromatic heterocycles. The lowest BCUT2D eigenvalue weighted by Crippen LogP contribution is -3.09. The van der Waals surface area contributed by atoms with E-state index in [4.69, 9.17) is 4.98 Å². The fourth-order valence-electron chi connectivity index (χ4n) is 3.89. The number of quaternary nitrogens is 1. The molecule has 3 heterocycles. The number of thiazole rings is 1. The van der Waals surface area contributed by atoms with Crippen LogP contribution >= 0.6 is 11.3 Å². The molecule has 0 radical (unpaired) electrons. The van der Waals surface area contributed by atoms with Gasteiger partial charge in [-0.25, -0.2) is 9.97 Å². The van der Waals surface area contributed by atoms with Crippen molar-refractivity contribution in [3.05, 3.63) is 69.7 Å². The highest BCUT2D eigenvalue weighted by molar-refractivity contribution is 7.18. The van der Waals surface area contributed by atoms with Gasteiger partial charge < -0.3 is 9.88 Å². The van der Waals surface area contributed by atoms with E-state index in [-0.39, 0.29) is 5.56 Å². The lowest BCUT2D eigenvalue weighted by Gasteiger charge is -2.19. The molecular formula is C20H19N4OS+. The predicted octanol–water partition coefficient (Wildman–Crippen LogP) is 2.45. The van der Waals surface area contributed by atoms with E-state index in [1.165, 1.54) is 21.0 Å². The third kappa shape index (κ3) is 2.71. The molecule has 0 saturated carbocycles. The summed E-state index contributed by atoms with van der Waals surface area (Å²) < 4.78 is 1.24. The fourth-order valence-corrected chi connectivity index (χ4v) is 5.05. The first-order chi connectivity index (χ1) is 12.8. The normalized spacial score (nSPS) is 20.2. The molecule has 0 spiro atoms. The van der Waals surface area contributed by atoms with Gasteiger partial charge in [-0.1, -0.05) is 24.3 Å². The van der Waals surface area contributed by atoms with Gasteiger partial charge in [0.1, 0.15) is 12.6 Å². The molecule has 0 aliphatic carbocycles. The number of benzene rings is 2. The molecule has 5 rings (SSSR count). The number of likely N-dealkylation sites (tertiary alicyclic amines) is 1. The van der Waals surface area contributed by atoms with E-state index in [1.54, 1.807) is 11.3 Å². The second-order valence-electron chi connectivity index (χ2n) is 6.83. The van der Waals surface area contributed by atoms with Crippen molar-refractivity contribution in [3.8, 4) is 0 Å². The Balaban J connectivity index is 1.47. The Morgan fingerprint density at radius 1 is 1.08 bits per heavy atom. The van der Waals surface area contributed by atoms with Crippen molar-refractivity contribution >= 4 is 32.5 Å². The number of fused-ring (bicyclic) bond motifs is 2. The van der Waals surface area contributed by atoms with Gasteiger partial charge in [0.05, 0.1) is 27.7 Å². The Kier molecular flexibility index (Phi) is 3.80. The quantitative estimate of drug-likeness (QED) is 0.588. The van der Waals surface area contributed by atoms with E-state index in [9.17, 15) is 4.79 Å². The third-order valence-electron chi connectivity index (χ3n) is 5.15. The molecule has 0 amide bonds. The molecule has 0 bridgehead atoms.